The summed E-state index contributed by atoms with van der Waals surface area (Å²) in [6.45, 7) is 13.7. The van der Waals surface area contributed by atoms with E-state index in [0.29, 0.717) is 19.3 Å². The predicted octanol–water partition coefficient (Wildman–Crippen LogP) is 19.1. The fourth-order valence-electron chi connectivity index (χ4n) is 9.00. The Labute approximate surface area is 406 Å². The largest absolute Gasteiger partial charge is 0.462 e. The van der Waals surface area contributed by atoms with Crippen molar-refractivity contribution in [2.24, 2.45) is 17.8 Å². The Kier molecular flexibility index (Phi) is 49.1. The van der Waals surface area contributed by atoms with Crippen LogP contribution in [0.25, 0.3) is 0 Å². The van der Waals surface area contributed by atoms with Gasteiger partial charge in [-0.05, 0) is 37.0 Å². The number of carbonyl (C=O) groups excluding carboxylic acids is 3. The van der Waals surface area contributed by atoms with E-state index in [1.165, 1.54) is 205 Å². The summed E-state index contributed by atoms with van der Waals surface area (Å²) < 4.78 is 16.9. The van der Waals surface area contributed by atoms with Crippen LogP contribution in [-0.2, 0) is 28.6 Å². The fraction of sp³-hybridized carbons (Fsp3) is 0.949. The third kappa shape index (κ3) is 53.2. The van der Waals surface area contributed by atoms with Gasteiger partial charge in [0.05, 0.1) is 0 Å². The standard InChI is InChI=1S/C59H114O6/c1-53(2)45-39-33-27-22-18-14-10-7-8-12-17-21-25-31-38-44-50-59(62)65-56(52-64-58(61)49-43-37-32-26-29-35-41-47-55(5)6)51-63-57(60)48-42-36-30-24-20-16-13-9-11-15-19-23-28-34-40-46-54(3)4/h53-56H,7-52H2,1-6H3/t56-/m1/s1. The lowest BCUT2D eigenvalue weighted by molar-refractivity contribution is -0.167. The molecule has 386 valence electrons. The lowest BCUT2D eigenvalue weighted by atomic mass is 10.0. The van der Waals surface area contributed by atoms with Crippen LogP contribution < -0.4 is 0 Å². The second kappa shape index (κ2) is 50.3. The number of rotatable bonds is 52. The zero-order valence-corrected chi connectivity index (χ0v) is 44.8. The molecule has 0 fully saturated rings. The molecular weight excluding hydrogens is 805 g/mol. The molecule has 0 saturated carbocycles. The molecule has 0 unspecified atom stereocenters. The Morgan fingerprint density at radius 2 is 0.446 bits per heavy atom. The summed E-state index contributed by atoms with van der Waals surface area (Å²) in [5.74, 6) is 1.64. The third-order valence-electron chi connectivity index (χ3n) is 13.4. The first kappa shape index (κ1) is 63.4. The van der Waals surface area contributed by atoms with Crippen LogP contribution in [0.4, 0.5) is 0 Å². The van der Waals surface area contributed by atoms with E-state index in [-0.39, 0.29) is 31.1 Å². The molecule has 0 spiro atoms. The van der Waals surface area contributed by atoms with Crippen molar-refractivity contribution in [3.05, 3.63) is 0 Å². The number of unbranched alkanes of at least 4 members (excludes halogenated alkanes) is 35. The van der Waals surface area contributed by atoms with Gasteiger partial charge in [0.15, 0.2) is 6.10 Å². The molecule has 0 N–H and O–H groups in total. The molecule has 6 nitrogen and oxygen atoms in total. The average molecular weight is 920 g/mol. The smallest absolute Gasteiger partial charge is 0.306 e. The van der Waals surface area contributed by atoms with Crippen molar-refractivity contribution in [2.45, 2.75) is 330 Å². The van der Waals surface area contributed by atoms with Crippen LogP contribution in [0.15, 0.2) is 0 Å². The summed E-state index contributed by atoms with van der Waals surface area (Å²) in [6, 6.07) is 0. The first-order chi connectivity index (χ1) is 31.6. The molecular formula is C59H114O6. The number of hydrogen-bond acceptors (Lipinski definition) is 6. The second-order valence-corrected chi connectivity index (χ2v) is 21.7. The van der Waals surface area contributed by atoms with E-state index in [1.54, 1.807) is 0 Å². The highest BCUT2D eigenvalue weighted by Gasteiger charge is 2.19. The lowest BCUT2D eigenvalue weighted by Gasteiger charge is -2.18. The van der Waals surface area contributed by atoms with Gasteiger partial charge in [-0.25, -0.2) is 0 Å². The van der Waals surface area contributed by atoms with E-state index in [0.717, 1.165) is 75.5 Å². The molecule has 0 aromatic rings. The Morgan fingerprint density at radius 3 is 0.662 bits per heavy atom. The van der Waals surface area contributed by atoms with Gasteiger partial charge >= 0.3 is 17.9 Å². The van der Waals surface area contributed by atoms with E-state index in [2.05, 4.69) is 41.5 Å². The minimum Gasteiger partial charge on any atom is -0.462 e. The predicted molar refractivity (Wildman–Crippen MR) is 279 cm³/mol. The van der Waals surface area contributed by atoms with Crippen molar-refractivity contribution >= 4 is 17.9 Å². The molecule has 0 rings (SSSR count). The van der Waals surface area contributed by atoms with E-state index < -0.39 is 6.10 Å². The highest BCUT2D eigenvalue weighted by molar-refractivity contribution is 5.71. The molecule has 1 atom stereocenters. The minimum atomic E-state index is -0.764. The zero-order chi connectivity index (χ0) is 47.7. The van der Waals surface area contributed by atoms with Crippen LogP contribution in [0, 0.1) is 17.8 Å². The first-order valence-electron chi connectivity index (χ1n) is 29.1. The normalized spacial score (nSPS) is 12.1. The third-order valence-corrected chi connectivity index (χ3v) is 13.4. The topological polar surface area (TPSA) is 78.9 Å². The van der Waals surface area contributed by atoms with E-state index in [9.17, 15) is 14.4 Å². The Hall–Kier alpha value is -1.59. The quantitative estimate of drug-likeness (QED) is 0.0344. The maximum Gasteiger partial charge on any atom is 0.306 e. The maximum atomic E-state index is 12.8. The van der Waals surface area contributed by atoms with Crippen LogP contribution in [-0.4, -0.2) is 37.2 Å². The summed E-state index contributed by atoms with van der Waals surface area (Å²) in [5.41, 5.74) is 0. The zero-order valence-electron chi connectivity index (χ0n) is 44.8. The molecule has 0 aliphatic rings. The van der Waals surface area contributed by atoms with Crippen molar-refractivity contribution in [3.8, 4) is 0 Å². The molecule has 0 aromatic heterocycles. The first-order valence-corrected chi connectivity index (χ1v) is 29.1. The Morgan fingerprint density at radius 1 is 0.262 bits per heavy atom. The second-order valence-electron chi connectivity index (χ2n) is 21.7. The summed E-state index contributed by atoms with van der Waals surface area (Å²) in [7, 11) is 0. The van der Waals surface area contributed by atoms with Crippen molar-refractivity contribution < 1.29 is 28.6 Å². The van der Waals surface area contributed by atoms with E-state index in [4.69, 9.17) is 14.2 Å². The van der Waals surface area contributed by atoms with Gasteiger partial charge in [-0.15, -0.1) is 0 Å². The van der Waals surface area contributed by atoms with Crippen molar-refractivity contribution in [3.63, 3.8) is 0 Å². The fourth-order valence-corrected chi connectivity index (χ4v) is 9.00. The highest BCUT2D eigenvalue weighted by Crippen LogP contribution is 2.18. The number of carbonyl (C=O) groups is 3. The molecule has 0 amide bonds. The monoisotopic (exact) mass is 919 g/mol. The molecule has 0 bridgehead atoms. The van der Waals surface area contributed by atoms with Gasteiger partial charge in [0.2, 0.25) is 0 Å². The van der Waals surface area contributed by atoms with Crippen molar-refractivity contribution in [1.82, 2.24) is 0 Å². The number of hydrogen-bond donors (Lipinski definition) is 0. The van der Waals surface area contributed by atoms with Gasteiger partial charge < -0.3 is 14.2 Å². The molecule has 0 aliphatic heterocycles. The van der Waals surface area contributed by atoms with Gasteiger partial charge in [-0.1, -0.05) is 286 Å². The number of ether oxygens (including phenoxy) is 3. The van der Waals surface area contributed by atoms with Crippen molar-refractivity contribution in [1.29, 1.82) is 0 Å². The van der Waals surface area contributed by atoms with Gasteiger partial charge in [0.25, 0.3) is 0 Å². The van der Waals surface area contributed by atoms with Crippen LogP contribution in [0.1, 0.15) is 324 Å². The highest BCUT2D eigenvalue weighted by atomic mass is 16.6. The van der Waals surface area contributed by atoms with Gasteiger partial charge in [0, 0.05) is 19.3 Å². The summed E-state index contributed by atoms with van der Waals surface area (Å²) in [6.07, 6.45) is 52.5. The number of esters is 3. The Bertz CT molecular complexity index is 1010. The van der Waals surface area contributed by atoms with Gasteiger partial charge in [-0.2, -0.15) is 0 Å². The Balaban J connectivity index is 4.24. The summed E-state index contributed by atoms with van der Waals surface area (Å²) in [4.78, 5) is 38.1. The summed E-state index contributed by atoms with van der Waals surface area (Å²) >= 11 is 0. The van der Waals surface area contributed by atoms with Crippen LogP contribution in [0.2, 0.25) is 0 Å². The molecule has 0 radical (unpaired) electrons. The van der Waals surface area contributed by atoms with E-state index >= 15 is 0 Å². The van der Waals surface area contributed by atoms with Gasteiger partial charge in [0.1, 0.15) is 13.2 Å². The average Bonchev–Trinajstić information content (AvgIpc) is 3.26. The van der Waals surface area contributed by atoms with Crippen molar-refractivity contribution in [2.75, 3.05) is 13.2 Å². The maximum absolute atomic E-state index is 12.8. The minimum absolute atomic E-state index is 0.0640. The molecule has 0 aromatic carbocycles. The van der Waals surface area contributed by atoms with Crippen LogP contribution in [0.3, 0.4) is 0 Å². The SMILES string of the molecule is CC(C)CCCCCCCCCCCCCCCCCCC(=O)O[C@H](COC(=O)CCCCCCCCCCCCCCCCCC(C)C)COC(=O)CCCCCCCCCC(C)C. The molecule has 65 heavy (non-hydrogen) atoms. The molecule has 0 heterocycles. The van der Waals surface area contributed by atoms with Gasteiger partial charge in [-0.3, -0.25) is 14.4 Å². The molecule has 0 aliphatic carbocycles. The van der Waals surface area contributed by atoms with Crippen LogP contribution >= 0.6 is 0 Å². The molecule has 0 saturated heterocycles. The van der Waals surface area contributed by atoms with E-state index in [1.807, 2.05) is 0 Å². The lowest BCUT2D eigenvalue weighted by Crippen LogP contribution is -2.30. The molecule has 6 heteroatoms. The van der Waals surface area contributed by atoms with Crippen LogP contribution in [0.5, 0.6) is 0 Å². The summed E-state index contributed by atoms with van der Waals surface area (Å²) in [5, 5.41) is 0.